The Hall–Kier alpha value is -1.68. The standard InChI is InChI=1S/C15H20FN3/c1-4-19-8-7-17-15(19)13-9-12(5-6-14(13)16)10-18-11(2)3/h5-9,11,18H,4,10H2,1-3H3. The Morgan fingerprint density at radius 2 is 2.16 bits per heavy atom. The van der Waals surface area contributed by atoms with Gasteiger partial charge in [-0.1, -0.05) is 19.9 Å². The number of imidazole rings is 1. The van der Waals surface area contributed by atoms with Gasteiger partial charge in [0.05, 0.1) is 5.56 Å². The molecule has 19 heavy (non-hydrogen) atoms. The Morgan fingerprint density at radius 3 is 2.84 bits per heavy atom. The van der Waals surface area contributed by atoms with Crippen molar-refractivity contribution < 1.29 is 4.39 Å². The van der Waals surface area contributed by atoms with Gasteiger partial charge in [0.15, 0.2) is 0 Å². The molecule has 0 aliphatic rings. The second-order valence-corrected chi connectivity index (χ2v) is 4.89. The van der Waals surface area contributed by atoms with Crippen molar-refractivity contribution in [1.82, 2.24) is 14.9 Å². The molecule has 0 saturated heterocycles. The first-order chi connectivity index (χ1) is 9.11. The van der Waals surface area contributed by atoms with Crippen LogP contribution in [-0.2, 0) is 13.1 Å². The molecule has 0 aliphatic carbocycles. The second kappa shape index (κ2) is 5.97. The fraction of sp³-hybridized carbons (Fsp3) is 0.400. The molecule has 0 atom stereocenters. The Balaban J connectivity index is 2.32. The van der Waals surface area contributed by atoms with Crippen molar-refractivity contribution in [3.8, 4) is 11.4 Å². The maximum Gasteiger partial charge on any atom is 0.142 e. The van der Waals surface area contributed by atoms with Crippen molar-refractivity contribution in [1.29, 1.82) is 0 Å². The van der Waals surface area contributed by atoms with Crippen LogP contribution < -0.4 is 5.32 Å². The van der Waals surface area contributed by atoms with E-state index < -0.39 is 0 Å². The molecule has 2 aromatic rings. The lowest BCUT2D eigenvalue weighted by Gasteiger charge is -2.11. The van der Waals surface area contributed by atoms with E-state index in [0.717, 1.165) is 18.7 Å². The molecule has 0 spiro atoms. The van der Waals surface area contributed by atoms with Gasteiger partial charge >= 0.3 is 0 Å². The summed E-state index contributed by atoms with van der Waals surface area (Å²) in [6.45, 7) is 7.72. The highest BCUT2D eigenvalue weighted by molar-refractivity contribution is 5.57. The third-order valence-electron chi connectivity index (χ3n) is 3.04. The summed E-state index contributed by atoms with van der Waals surface area (Å²) < 4.78 is 15.9. The SMILES string of the molecule is CCn1ccnc1-c1cc(CNC(C)C)ccc1F. The molecular formula is C15H20FN3. The van der Waals surface area contributed by atoms with Crippen LogP contribution in [0.25, 0.3) is 11.4 Å². The number of hydrogen-bond donors (Lipinski definition) is 1. The zero-order valence-corrected chi connectivity index (χ0v) is 11.7. The van der Waals surface area contributed by atoms with Crippen molar-refractivity contribution in [3.63, 3.8) is 0 Å². The monoisotopic (exact) mass is 261 g/mol. The summed E-state index contributed by atoms with van der Waals surface area (Å²) >= 11 is 0. The van der Waals surface area contributed by atoms with Crippen molar-refractivity contribution in [2.45, 2.75) is 39.9 Å². The number of nitrogens with zero attached hydrogens (tertiary/aromatic N) is 2. The molecule has 1 aromatic heterocycles. The van der Waals surface area contributed by atoms with Crippen LogP contribution in [0.2, 0.25) is 0 Å². The summed E-state index contributed by atoms with van der Waals surface area (Å²) in [6.07, 6.45) is 3.57. The fourth-order valence-electron chi connectivity index (χ4n) is 1.98. The lowest BCUT2D eigenvalue weighted by atomic mass is 10.1. The number of hydrogen-bond acceptors (Lipinski definition) is 2. The maximum absolute atomic E-state index is 14.0. The fourth-order valence-corrected chi connectivity index (χ4v) is 1.98. The zero-order valence-electron chi connectivity index (χ0n) is 11.7. The molecule has 0 aliphatic heterocycles. The second-order valence-electron chi connectivity index (χ2n) is 4.89. The van der Waals surface area contributed by atoms with Gasteiger partial charge in [-0.2, -0.15) is 0 Å². The minimum absolute atomic E-state index is 0.228. The first-order valence-corrected chi connectivity index (χ1v) is 6.65. The number of benzene rings is 1. The van der Waals surface area contributed by atoms with Crippen LogP contribution in [0.4, 0.5) is 4.39 Å². The van der Waals surface area contributed by atoms with Crippen LogP contribution in [0.5, 0.6) is 0 Å². The Bertz CT molecular complexity index is 546. The Labute approximate surface area is 113 Å². The van der Waals surface area contributed by atoms with Crippen LogP contribution >= 0.6 is 0 Å². The Morgan fingerprint density at radius 1 is 1.37 bits per heavy atom. The number of nitrogens with one attached hydrogen (secondary N) is 1. The molecule has 0 unspecified atom stereocenters. The average Bonchev–Trinajstić information content (AvgIpc) is 2.85. The summed E-state index contributed by atoms with van der Waals surface area (Å²) in [5.74, 6) is 0.459. The van der Waals surface area contributed by atoms with Crippen LogP contribution in [0.15, 0.2) is 30.6 Å². The molecule has 0 bridgehead atoms. The lowest BCUT2D eigenvalue weighted by Crippen LogP contribution is -2.21. The molecule has 3 nitrogen and oxygen atoms in total. The predicted octanol–water partition coefficient (Wildman–Crippen LogP) is 3.21. The van der Waals surface area contributed by atoms with E-state index in [9.17, 15) is 4.39 Å². The normalized spacial score (nSPS) is 11.2. The lowest BCUT2D eigenvalue weighted by molar-refractivity contribution is 0.586. The smallest absolute Gasteiger partial charge is 0.142 e. The van der Waals surface area contributed by atoms with E-state index in [2.05, 4.69) is 24.1 Å². The van der Waals surface area contributed by atoms with E-state index in [1.165, 1.54) is 6.07 Å². The summed E-state index contributed by atoms with van der Waals surface area (Å²) in [6, 6.07) is 5.61. The van der Waals surface area contributed by atoms with Gasteiger partial charge in [-0.15, -0.1) is 0 Å². The molecule has 4 heteroatoms. The number of aromatic nitrogens is 2. The average molecular weight is 261 g/mol. The Kier molecular flexibility index (Phi) is 4.32. The van der Waals surface area contributed by atoms with E-state index in [4.69, 9.17) is 0 Å². The topological polar surface area (TPSA) is 29.9 Å². The third kappa shape index (κ3) is 3.20. The molecule has 102 valence electrons. The van der Waals surface area contributed by atoms with Crippen molar-refractivity contribution in [2.24, 2.45) is 0 Å². The van der Waals surface area contributed by atoms with Gasteiger partial charge in [-0.05, 0) is 24.6 Å². The van der Waals surface area contributed by atoms with Crippen molar-refractivity contribution in [2.75, 3.05) is 0 Å². The minimum Gasteiger partial charge on any atom is -0.331 e. The summed E-state index contributed by atoms with van der Waals surface area (Å²) in [4.78, 5) is 4.26. The van der Waals surface area contributed by atoms with E-state index in [-0.39, 0.29) is 5.82 Å². The highest BCUT2D eigenvalue weighted by Crippen LogP contribution is 2.22. The van der Waals surface area contributed by atoms with Crippen molar-refractivity contribution in [3.05, 3.63) is 42.0 Å². The van der Waals surface area contributed by atoms with Crippen LogP contribution in [0.3, 0.4) is 0 Å². The number of halogens is 1. The molecular weight excluding hydrogens is 241 g/mol. The first kappa shape index (κ1) is 13.7. The van der Waals surface area contributed by atoms with E-state index in [1.54, 1.807) is 6.20 Å². The van der Waals surface area contributed by atoms with Crippen LogP contribution in [0, 0.1) is 5.82 Å². The molecule has 0 amide bonds. The molecule has 0 saturated carbocycles. The van der Waals surface area contributed by atoms with Crippen LogP contribution in [-0.4, -0.2) is 15.6 Å². The summed E-state index contributed by atoms with van der Waals surface area (Å²) in [5.41, 5.74) is 1.63. The van der Waals surface area contributed by atoms with E-state index in [1.807, 2.05) is 29.8 Å². The summed E-state index contributed by atoms with van der Waals surface area (Å²) in [5, 5.41) is 3.33. The predicted molar refractivity (Wildman–Crippen MR) is 75.3 cm³/mol. The van der Waals surface area contributed by atoms with Gasteiger partial charge in [0.1, 0.15) is 11.6 Å². The molecule has 2 rings (SSSR count). The third-order valence-corrected chi connectivity index (χ3v) is 3.04. The van der Waals surface area contributed by atoms with E-state index >= 15 is 0 Å². The minimum atomic E-state index is -0.228. The quantitative estimate of drug-likeness (QED) is 0.895. The van der Waals surface area contributed by atoms with Gasteiger partial charge < -0.3 is 9.88 Å². The number of rotatable bonds is 5. The molecule has 0 fully saturated rings. The first-order valence-electron chi connectivity index (χ1n) is 6.65. The van der Waals surface area contributed by atoms with E-state index in [0.29, 0.717) is 17.4 Å². The van der Waals surface area contributed by atoms with Gasteiger partial charge in [0, 0.05) is 31.5 Å². The number of aryl methyl sites for hydroxylation is 1. The zero-order chi connectivity index (χ0) is 13.8. The summed E-state index contributed by atoms with van der Waals surface area (Å²) in [7, 11) is 0. The van der Waals surface area contributed by atoms with Crippen LogP contribution in [0.1, 0.15) is 26.3 Å². The highest BCUT2D eigenvalue weighted by Gasteiger charge is 2.11. The van der Waals surface area contributed by atoms with Gasteiger partial charge in [-0.25, -0.2) is 9.37 Å². The highest BCUT2D eigenvalue weighted by atomic mass is 19.1. The maximum atomic E-state index is 14.0. The molecule has 1 aromatic carbocycles. The molecule has 1 N–H and O–H groups in total. The molecule has 1 heterocycles. The largest absolute Gasteiger partial charge is 0.331 e. The van der Waals surface area contributed by atoms with Crippen molar-refractivity contribution >= 4 is 0 Å². The van der Waals surface area contributed by atoms with Gasteiger partial charge in [0.25, 0.3) is 0 Å². The molecule has 0 radical (unpaired) electrons. The van der Waals surface area contributed by atoms with Gasteiger partial charge in [-0.3, -0.25) is 0 Å². The van der Waals surface area contributed by atoms with Gasteiger partial charge in [0.2, 0.25) is 0 Å².